The number of hydrogen-bond donors (Lipinski definition) is 1. The maximum absolute atomic E-state index is 13.4. The van der Waals surface area contributed by atoms with Crippen LogP contribution >= 0.6 is 0 Å². The molecule has 2 aliphatic heterocycles. The highest BCUT2D eigenvalue weighted by Crippen LogP contribution is 2.34. The smallest absolute Gasteiger partial charge is 0.416 e. The van der Waals surface area contributed by atoms with Gasteiger partial charge < -0.3 is 19.6 Å². The van der Waals surface area contributed by atoms with Crippen molar-refractivity contribution in [2.24, 2.45) is 0 Å². The van der Waals surface area contributed by atoms with Crippen molar-refractivity contribution in [3.05, 3.63) is 53.9 Å². The highest BCUT2D eigenvalue weighted by molar-refractivity contribution is 5.85. The number of carbonyl (C=O) groups is 1. The van der Waals surface area contributed by atoms with Crippen LogP contribution in [0.5, 0.6) is 0 Å². The number of aromatic carboxylic acids is 1. The third-order valence-corrected chi connectivity index (χ3v) is 6.14. The second-order valence-corrected chi connectivity index (χ2v) is 8.44. The van der Waals surface area contributed by atoms with E-state index in [4.69, 9.17) is 9.84 Å². The van der Waals surface area contributed by atoms with Crippen LogP contribution in [0.15, 0.2) is 37.0 Å². The van der Waals surface area contributed by atoms with Crippen LogP contribution in [0.1, 0.15) is 47.3 Å². The Balaban J connectivity index is 1.35. The Kier molecular flexibility index (Phi) is 6.64. The maximum Gasteiger partial charge on any atom is 0.416 e. The van der Waals surface area contributed by atoms with Gasteiger partial charge in [-0.2, -0.15) is 18.3 Å². The second kappa shape index (κ2) is 9.46. The van der Waals surface area contributed by atoms with Gasteiger partial charge in [-0.15, -0.1) is 0 Å². The van der Waals surface area contributed by atoms with E-state index in [9.17, 15) is 18.0 Å². The number of alkyl halides is 3. The molecule has 1 aromatic heterocycles. The number of ether oxygens (including phenoxy) is 1. The summed E-state index contributed by atoms with van der Waals surface area (Å²) in [6, 6.07) is 5.61. The Hall–Kier alpha value is -3.01. The molecule has 2 aliphatic rings. The lowest BCUT2D eigenvalue weighted by atomic mass is 10.1. The van der Waals surface area contributed by atoms with E-state index >= 15 is 0 Å². The zero-order valence-corrected chi connectivity index (χ0v) is 18.2. The molecule has 178 valence electrons. The van der Waals surface area contributed by atoms with E-state index in [0.29, 0.717) is 43.0 Å². The van der Waals surface area contributed by atoms with Crippen molar-refractivity contribution in [1.29, 1.82) is 0 Å². The minimum atomic E-state index is -4.40. The van der Waals surface area contributed by atoms with Crippen LogP contribution in [0, 0.1) is 0 Å². The molecule has 2 aromatic rings. The van der Waals surface area contributed by atoms with Crippen LogP contribution < -0.4 is 4.90 Å². The Morgan fingerprint density at radius 3 is 2.45 bits per heavy atom. The van der Waals surface area contributed by atoms with Gasteiger partial charge in [0, 0.05) is 38.1 Å². The van der Waals surface area contributed by atoms with Gasteiger partial charge >= 0.3 is 12.1 Å². The van der Waals surface area contributed by atoms with E-state index in [1.54, 1.807) is 12.3 Å². The van der Waals surface area contributed by atoms with E-state index in [0.717, 1.165) is 25.9 Å². The quantitative estimate of drug-likeness (QED) is 0.659. The van der Waals surface area contributed by atoms with Gasteiger partial charge in [0.1, 0.15) is 5.82 Å². The summed E-state index contributed by atoms with van der Waals surface area (Å²) < 4.78 is 47.7. The van der Waals surface area contributed by atoms with Gasteiger partial charge in [-0.3, -0.25) is 0 Å². The topological polar surface area (TPSA) is 70.8 Å². The fraction of sp³-hybridized carbons (Fsp3) is 0.478. The van der Waals surface area contributed by atoms with E-state index in [-0.39, 0.29) is 18.4 Å². The fourth-order valence-corrected chi connectivity index (χ4v) is 4.30. The molecule has 4 rings (SSSR count). The summed E-state index contributed by atoms with van der Waals surface area (Å²) in [6.45, 7) is 6.93. The van der Waals surface area contributed by atoms with E-state index in [2.05, 4.69) is 11.7 Å². The van der Waals surface area contributed by atoms with E-state index < -0.39 is 17.7 Å². The molecule has 1 N–H and O–H groups in total. The molecular formula is C23H27F3N4O3. The minimum absolute atomic E-state index is 0.0521. The molecule has 0 radical (unpaired) electrons. The Morgan fingerprint density at radius 2 is 1.85 bits per heavy atom. The Bertz CT molecular complexity index is 1010. The number of likely N-dealkylation sites (tertiary alicyclic amines) is 1. The van der Waals surface area contributed by atoms with Gasteiger partial charge in [0.15, 0.2) is 5.69 Å². The van der Waals surface area contributed by atoms with Gasteiger partial charge in [0.05, 0.1) is 18.3 Å². The molecule has 1 aromatic carbocycles. The first-order valence-corrected chi connectivity index (χ1v) is 11.0. The number of benzene rings is 1. The molecule has 10 heteroatoms. The molecule has 0 bridgehead atoms. The lowest BCUT2D eigenvalue weighted by molar-refractivity contribution is -0.137. The highest BCUT2D eigenvalue weighted by Gasteiger charge is 2.32. The van der Waals surface area contributed by atoms with E-state index in [1.165, 1.54) is 22.9 Å². The first kappa shape index (κ1) is 23.2. The zero-order valence-electron chi connectivity index (χ0n) is 18.2. The van der Waals surface area contributed by atoms with E-state index in [1.807, 2.05) is 9.80 Å². The lowest BCUT2D eigenvalue weighted by Crippen LogP contribution is -2.37. The number of hydrogen-bond acceptors (Lipinski definition) is 5. The van der Waals surface area contributed by atoms with Crippen molar-refractivity contribution in [2.75, 3.05) is 31.1 Å². The normalized spacial score (nSPS) is 17.5. The van der Waals surface area contributed by atoms with Gasteiger partial charge in [-0.1, -0.05) is 6.58 Å². The predicted molar refractivity (Wildman–Crippen MR) is 117 cm³/mol. The molecule has 0 spiro atoms. The Morgan fingerprint density at radius 1 is 1.15 bits per heavy atom. The van der Waals surface area contributed by atoms with Crippen molar-refractivity contribution >= 4 is 17.5 Å². The van der Waals surface area contributed by atoms with Crippen molar-refractivity contribution in [1.82, 2.24) is 14.7 Å². The number of carboxylic acids is 1. The molecule has 0 atom stereocenters. The standard InChI is InChI=1S/C23H27F3N4O3/c1-16(30-11-6-21(27-30)22(31)32)28-9-4-20(5-10-28)33-15-17-12-18(23(24,25)26)14-19(13-17)29-7-2-3-8-29/h6,11-14,20H,1-5,7-10,15H2,(H,31,32). The van der Waals surface area contributed by atoms with Gasteiger partial charge in [0.25, 0.3) is 0 Å². The third-order valence-electron chi connectivity index (χ3n) is 6.14. The molecular weight excluding hydrogens is 437 g/mol. The molecule has 7 nitrogen and oxygen atoms in total. The number of carboxylic acid groups (broad SMARTS) is 1. The largest absolute Gasteiger partial charge is 0.476 e. The molecule has 0 aliphatic carbocycles. The van der Waals surface area contributed by atoms with Crippen molar-refractivity contribution in [2.45, 2.75) is 44.6 Å². The molecule has 0 unspecified atom stereocenters. The summed E-state index contributed by atoms with van der Waals surface area (Å²) in [5.74, 6) is -0.523. The summed E-state index contributed by atoms with van der Waals surface area (Å²) in [5.41, 5.74) is 0.434. The van der Waals surface area contributed by atoms with Crippen molar-refractivity contribution in [3.8, 4) is 0 Å². The molecule has 2 fully saturated rings. The molecule has 0 saturated carbocycles. The van der Waals surface area contributed by atoms with Gasteiger partial charge in [0.2, 0.25) is 0 Å². The fourth-order valence-electron chi connectivity index (χ4n) is 4.30. The summed E-state index contributed by atoms with van der Waals surface area (Å²) in [5, 5.41) is 13.0. The van der Waals surface area contributed by atoms with Gasteiger partial charge in [-0.25, -0.2) is 9.48 Å². The molecule has 2 saturated heterocycles. The summed E-state index contributed by atoms with van der Waals surface area (Å²) >= 11 is 0. The molecule has 33 heavy (non-hydrogen) atoms. The summed E-state index contributed by atoms with van der Waals surface area (Å²) in [6.07, 6.45) is 0.424. The minimum Gasteiger partial charge on any atom is -0.476 e. The number of rotatable bonds is 7. The van der Waals surface area contributed by atoms with Crippen LogP contribution in [0.3, 0.4) is 0 Å². The molecule has 3 heterocycles. The number of anilines is 1. The zero-order chi connectivity index (χ0) is 23.6. The predicted octanol–water partition coefficient (Wildman–Crippen LogP) is 4.31. The van der Waals surface area contributed by atoms with Crippen LogP contribution in [-0.4, -0.2) is 58.0 Å². The van der Waals surface area contributed by atoms with Crippen LogP contribution in [0.2, 0.25) is 0 Å². The highest BCUT2D eigenvalue weighted by atomic mass is 19.4. The van der Waals surface area contributed by atoms with Crippen LogP contribution in [-0.2, 0) is 17.5 Å². The number of aromatic nitrogens is 2. The van der Waals surface area contributed by atoms with Crippen molar-refractivity contribution < 1.29 is 27.8 Å². The summed E-state index contributed by atoms with van der Waals surface area (Å²) in [4.78, 5) is 15.0. The van der Waals surface area contributed by atoms with Crippen molar-refractivity contribution in [3.63, 3.8) is 0 Å². The van der Waals surface area contributed by atoms with Crippen LogP contribution in [0.4, 0.5) is 18.9 Å². The van der Waals surface area contributed by atoms with Gasteiger partial charge in [-0.05, 0) is 55.5 Å². The maximum atomic E-state index is 13.4. The third kappa shape index (κ3) is 5.50. The monoisotopic (exact) mass is 464 g/mol. The first-order chi connectivity index (χ1) is 15.7. The van der Waals surface area contributed by atoms with Crippen LogP contribution in [0.25, 0.3) is 5.82 Å². The SMILES string of the molecule is C=C(N1CCC(OCc2cc(N3CCCC3)cc(C(F)(F)F)c2)CC1)n1ccc(C(=O)O)n1. The summed E-state index contributed by atoms with van der Waals surface area (Å²) in [7, 11) is 0. The number of halogens is 3. The average Bonchev–Trinajstić information content (AvgIpc) is 3.49. The first-order valence-electron chi connectivity index (χ1n) is 11.0. The average molecular weight is 464 g/mol. The number of nitrogens with zero attached hydrogens (tertiary/aromatic N) is 4. The second-order valence-electron chi connectivity index (χ2n) is 8.44. The number of piperidine rings is 1. The molecule has 0 amide bonds. The lowest BCUT2D eigenvalue weighted by Gasteiger charge is -2.34. The Labute approximate surface area is 190 Å².